The smallest absolute Gasteiger partial charge is 0.0774 e. The Labute approximate surface area is 86.5 Å². The summed E-state index contributed by atoms with van der Waals surface area (Å²) >= 11 is 0. The highest BCUT2D eigenvalue weighted by Crippen LogP contribution is 2.30. The lowest BCUT2D eigenvalue weighted by Crippen LogP contribution is -2.42. The number of β-amino-alcohol motifs (C(OH)–C–C–N with tert-alkyl or cyclic N) is 1. The third kappa shape index (κ3) is 2.69. The van der Waals surface area contributed by atoms with Crippen LogP contribution in [0.4, 0.5) is 0 Å². The van der Waals surface area contributed by atoms with Crippen molar-refractivity contribution in [3.63, 3.8) is 0 Å². The molecule has 1 saturated heterocycles. The van der Waals surface area contributed by atoms with Crippen LogP contribution in [0, 0.1) is 0 Å². The average Bonchev–Trinajstić information content (AvgIpc) is 2.43. The molecular formula is C11H22N2O. The Morgan fingerprint density at radius 3 is 2.64 bits per heavy atom. The Morgan fingerprint density at radius 1 is 1.07 bits per heavy atom. The fourth-order valence-electron chi connectivity index (χ4n) is 2.67. The number of nitrogens with one attached hydrogen (secondary N) is 1. The molecule has 82 valence electrons. The van der Waals surface area contributed by atoms with Crippen LogP contribution in [-0.2, 0) is 0 Å². The standard InChI is InChI=1S/C11H22N2O/c14-11(4-1-2-5-11)10-13-8-3-6-12-7-9-13/h12,14H,1-10H2. The molecule has 0 aromatic heterocycles. The molecule has 1 saturated carbocycles. The van der Waals surface area contributed by atoms with Crippen LogP contribution in [0.5, 0.6) is 0 Å². The molecule has 0 bridgehead atoms. The molecule has 2 aliphatic rings. The van der Waals surface area contributed by atoms with Crippen LogP contribution in [0.2, 0.25) is 0 Å². The summed E-state index contributed by atoms with van der Waals surface area (Å²) in [7, 11) is 0. The van der Waals surface area contributed by atoms with Gasteiger partial charge in [-0.05, 0) is 32.4 Å². The fourth-order valence-corrected chi connectivity index (χ4v) is 2.67. The summed E-state index contributed by atoms with van der Waals surface area (Å²) in [6, 6.07) is 0. The van der Waals surface area contributed by atoms with Crippen LogP contribution in [0.15, 0.2) is 0 Å². The predicted molar refractivity (Wildman–Crippen MR) is 57.3 cm³/mol. The van der Waals surface area contributed by atoms with Gasteiger partial charge in [-0.3, -0.25) is 4.90 Å². The maximum absolute atomic E-state index is 10.3. The molecule has 2 N–H and O–H groups in total. The van der Waals surface area contributed by atoms with E-state index in [0.29, 0.717) is 0 Å². The number of aliphatic hydroxyl groups is 1. The van der Waals surface area contributed by atoms with Crippen LogP contribution in [-0.4, -0.2) is 48.3 Å². The van der Waals surface area contributed by atoms with Crippen LogP contribution in [0.3, 0.4) is 0 Å². The van der Waals surface area contributed by atoms with Gasteiger partial charge in [-0.1, -0.05) is 12.8 Å². The van der Waals surface area contributed by atoms with E-state index in [9.17, 15) is 5.11 Å². The lowest BCUT2D eigenvalue weighted by molar-refractivity contribution is 0.0111. The summed E-state index contributed by atoms with van der Waals surface area (Å²) in [5, 5.41) is 13.7. The maximum Gasteiger partial charge on any atom is 0.0774 e. The summed E-state index contributed by atoms with van der Waals surface area (Å²) in [4.78, 5) is 2.42. The molecule has 3 heteroatoms. The topological polar surface area (TPSA) is 35.5 Å². The van der Waals surface area contributed by atoms with Crippen molar-refractivity contribution >= 4 is 0 Å². The van der Waals surface area contributed by atoms with Crippen LogP contribution >= 0.6 is 0 Å². The van der Waals surface area contributed by atoms with Gasteiger partial charge < -0.3 is 10.4 Å². The van der Waals surface area contributed by atoms with Gasteiger partial charge in [-0.25, -0.2) is 0 Å². The van der Waals surface area contributed by atoms with Crippen molar-refractivity contribution in [2.75, 3.05) is 32.7 Å². The second kappa shape index (κ2) is 4.60. The van der Waals surface area contributed by atoms with Gasteiger partial charge in [0.1, 0.15) is 0 Å². The molecule has 0 radical (unpaired) electrons. The van der Waals surface area contributed by atoms with Crippen molar-refractivity contribution in [1.82, 2.24) is 10.2 Å². The van der Waals surface area contributed by atoms with Gasteiger partial charge in [0, 0.05) is 19.6 Å². The van der Waals surface area contributed by atoms with Crippen molar-refractivity contribution in [2.45, 2.75) is 37.7 Å². The molecule has 3 nitrogen and oxygen atoms in total. The van der Waals surface area contributed by atoms with Crippen LogP contribution < -0.4 is 5.32 Å². The highest BCUT2D eigenvalue weighted by atomic mass is 16.3. The van der Waals surface area contributed by atoms with Crippen LogP contribution in [0.1, 0.15) is 32.1 Å². The number of rotatable bonds is 2. The van der Waals surface area contributed by atoms with E-state index < -0.39 is 0 Å². The van der Waals surface area contributed by atoms with Gasteiger partial charge in [-0.15, -0.1) is 0 Å². The Bertz CT molecular complexity index is 170. The Hall–Kier alpha value is -0.120. The molecule has 0 unspecified atom stereocenters. The second-order valence-corrected chi connectivity index (χ2v) is 4.81. The number of hydrogen-bond donors (Lipinski definition) is 2. The van der Waals surface area contributed by atoms with E-state index in [1.54, 1.807) is 0 Å². The molecule has 0 amide bonds. The highest BCUT2D eigenvalue weighted by molar-refractivity contribution is 4.87. The van der Waals surface area contributed by atoms with E-state index >= 15 is 0 Å². The minimum absolute atomic E-state index is 0.357. The maximum atomic E-state index is 10.3. The minimum Gasteiger partial charge on any atom is -0.389 e. The SMILES string of the molecule is OC1(CN2CCCNCC2)CCCC1. The largest absolute Gasteiger partial charge is 0.389 e. The monoisotopic (exact) mass is 198 g/mol. The summed E-state index contributed by atoms with van der Waals surface area (Å²) in [5.41, 5.74) is -0.357. The third-order valence-electron chi connectivity index (χ3n) is 3.48. The van der Waals surface area contributed by atoms with Gasteiger partial charge in [-0.2, -0.15) is 0 Å². The molecule has 14 heavy (non-hydrogen) atoms. The second-order valence-electron chi connectivity index (χ2n) is 4.81. The van der Waals surface area contributed by atoms with Gasteiger partial charge in [0.15, 0.2) is 0 Å². The molecule has 0 aromatic carbocycles. The predicted octanol–water partition coefficient (Wildman–Crippen LogP) is 0.587. The molecule has 2 fully saturated rings. The molecule has 2 rings (SSSR count). The van der Waals surface area contributed by atoms with Gasteiger partial charge in [0.25, 0.3) is 0 Å². The zero-order chi connectivity index (χ0) is 9.86. The zero-order valence-electron chi connectivity index (χ0n) is 8.97. The average molecular weight is 198 g/mol. The Kier molecular flexibility index (Phi) is 3.42. The Balaban J connectivity index is 1.82. The zero-order valence-corrected chi connectivity index (χ0v) is 8.97. The minimum atomic E-state index is -0.357. The summed E-state index contributed by atoms with van der Waals surface area (Å²) in [6.07, 6.45) is 5.66. The van der Waals surface area contributed by atoms with E-state index in [1.807, 2.05) is 0 Å². The Morgan fingerprint density at radius 2 is 1.86 bits per heavy atom. The van der Waals surface area contributed by atoms with Gasteiger partial charge in [0.05, 0.1) is 5.60 Å². The lowest BCUT2D eigenvalue weighted by Gasteiger charge is -2.30. The van der Waals surface area contributed by atoms with Gasteiger partial charge in [0.2, 0.25) is 0 Å². The van der Waals surface area contributed by atoms with Crippen molar-refractivity contribution in [3.8, 4) is 0 Å². The summed E-state index contributed by atoms with van der Waals surface area (Å²) in [6.45, 7) is 5.36. The highest BCUT2D eigenvalue weighted by Gasteiger charge is 2.32. The van der Waals surface area contributed by atoms with E-state index in [1.165, 1.54) is 19.3 Å². The first-order valence-corrected chi connectivity index (χ1v) is 5.94. The van der Waals surface area contributed by atoms with Crippen molar-refractivity contribution in [2.24, 2.45) is 0 Å². The van der Waals surface area contributed by atoms with Crippen molar-refractivity contribution in [1.29, 1.82) is 0 Å². The number of hydrogen-bond acceptors (Lipinski definition) is 3. The van der Waals surface area contributed by atoms with Crippen molar-refractivity contribution in [3.05, 3.63) is 0 Å². The quantitative estimate of drug-likeness (QED) is 0.681. The normalized spacial score (nSPS) is 28.9. The molecule has 1 aliphatic heterocycles. The number of nitrogens with zero attached hydrogens (tertiary/aromatic N) is 1. The molecule has 1 aliphatic carbocycles. The molecule has 0 spiro atoms. The first-order chi connectivity index (χ1) is 6.79. The molecule has 1 heterocycles. The fraction of sp³-hybridized carbons (Fsp3) is 1.00. The first-order valence-electron chi connectivity index (χ1n) is 5.94. The molecule has 0 aromatic rings. The third-order valence-corrected chi connectivity index (χ3v) is 3.48. The van der Waals surface area contributed by atoms with E-state index in [0.717, 1.165) is 45.6 Å². The summed E-state index contributed by atoms with van der Waals surface area (Å²) < 4.78 is 0. The molecule has 0 atom stereocenters. The molecular weight excluding hydrogens is 176 g/mol. The summed E-state index contributed by atoms with van der Waals surface area (Å²) in [5.74, 6) is 0. The first kappa shape index (κ1) is 10.4. The van der Waals surface area contributed by atoms with Gasteiger partial charge >= 0.3 is 0 Å². The van der Waals surface area contributed by atoms with E-state index in [-0.39, 0.29) is 5.60 Å². The van der Waals surface area contributed by atoms with E-state index in [2.05, 4.69) is 10.2 Å². The van der Waals surface area contributed by atoms with Crippen LogP contribution in [0.25, 0.3) is 0 Å². The lowest BCUT2D eigenvalue weighted by atomic mass is 10.0. The van der Waals surface area contributed by atoms with Crippen molar-refractivity contribution < 1.29 is 5.11 Å². The van der Waals surface area contributed by atoms with E-state index in [4.69, 9.17) is 0 Å².